The first-order valence-electron chi connectivity index (χ1n) is 8.05. The highest BCUT2D eigenvalue weighted by molar-refractivity contribution is 14.0. The van der Waals surface area contributed by atoms with Crippen molar-refractivity contribution in [2.75, 3.05) is 26.7 Å². The second-order valence-corrected chi connectivity index (χ2v) is 6.33. The zero-order valence-corrected chi connectivity index (χ0v) is 16.0. The summed E-state index contributed by atoms with van der Waals surface area (Å²) < 4.78 is 0. The minimum Gasteiger partial charge on any atom is -0.356 e. The maximum absolute atomic E-state index is 4.34. The van der Waals surface area contributed by atoms with Gasteiger partial charge in [-0.3, -0.25) is 4.99 Å². The van der Waals surface area contributed by atoms with E-state index >= 15 is 0 Å². The zero-order valence-electron chi connectivity index (χ0n) is 13.6. The van der Waals surface area contributed by atoms with Gasteiger partial charge in [-0.2, -0.15) is 0 Å². The number of nitrogens with one attached hydrogen (secondary N) is 2. The van der Waals surface area contributed by atoms with E-state index in [1.807, 2.05) is 7.05 Å². The van der Waals surface area contributed by atoms with Crippen LogP contribution in [0.15, 0.2) is 17.1 Å². The molecule has 0 radical (unpaired) electrons. The number of hydrogen-bond acceptors (Lipinski definition) is 2. The first-order valence-corrected chi connectivity index (χ1v) is 8.05. The molecule has 1 saturated heterocycles. The van der Waals surface area contributed by atoms with Gasteiger partial charge >= 0.3 is 0 Å². The molecule has 0 bridgehead atoms. The third kappa shape index (κ3) is 6.14. The monoisotopic (exact) mass is 406 g/mol. The lowest BCUT2D eigenvalue weighted by atomic mass is 9.97. The van der Waals surface area contributed by atoms with Crippen molar-refractivity contribution in [2.24, 2.45) is 10.9 Å². The van der Waals surface area contributed by atoms with E-state index in [1.54, 1.807) is 0 Å². The Morgan fingerprint density at radius 2 is 2.05 bits per heavy atom. The lowest BCUT2D eigenvalue weighted by Crippen LogP contribution is -2.47. The number of halogens is 1. The van der Waals surface area contributed by atoms with Crippen LogP contribution in [-0.4, -0.2) is 49.6 Å². The number of likely N-dealkylation sites (tertiary alicyclic amines) is 1. The fourth-order valence-electron chi connectivity index (χ4n) is 3.10. The maximum Gasteiger partial charge on any atom is 0.191 e. The van der Waals surface area contributed by atoms with E-state index in [0.717, 1.165) is 31.3 Å². The van der Waals surface area contributed by atoms with E-state index in [9.17, 15) is 0 Å². The summed E-state index contributed by atoms with van der Waals surface area (Å²) in [5, 5.41) is 7.01. The molecule has 2 rings (SSSR count). The van der Waals surface area contributed by atoms with Crippen LogP contribution in [0, 0.1) is 5.92 Å². The number of rotatable bonds is 4. The number of nitrogens with zero attached hydrogens (tertiary/aromatic N) is 2. The highest BCUT2D eigenvalue weighted by Gasteiger charge is 2.22. The molecule has 0 aromatic carbocycles. The van der Waals surface area contributed by atoms with Crippen molar-refractivity contribution in [2.45, 2.75) is 51.6 Å². The summed E-state index contributed by atoms with van der Waals surface area (Å²) in [7, 11) is 1.86. The first kappa shape index (κ1) is 18.7. The molecule has 4 nitrogen and oxygen atoms in total. The topological polar surface area (TPSA) is 39.7 Å². The van der Waals surface area contributed by atoms with Gasteiger partial charge in [0.2, 0.25) is 0 Å². The maximum atomic E-state index is 4.34. The lowest BCUT2D eigenvalue weighted by molar-refractivity contribution is 0.141. The van der Waals surface area contributed by atoms with Gasteiger partial charge in [-0.1, -0.05) is 12.2 Å². The van der Waals surface area contributed by atoms with Gasteiger partial charge in [-0.25, -0.2) is 0 Å². The molecule has 122 valence electrons. The predicted molar refractivity (Wildman–Crippen MR) is 102 cm³/mol. The molecule has 0 aromatic heterocycles. The minimum atomic E-state index is 0. The highest BCUT2D eigenvalue weighted by Crippen LogP contribution is 2.17. The SMILES string of the molecule is CN=C(NCC1CCCN(C(C)C)C1)NC1CC=CC1.I. The van der Waals surface area contributed by atoms with Gasteiger partial charge < -0.3 is 15.5 Å². The minimum absolute atomic E-state index is 0. The van der Waals surface area contributed by atoms with E-state index < -0.39 is 0 Å². The average molecular weight is 406 g/mol. The van der Waals surface area contributed by atoms with Crippen LogP contribution in [0.1, 0.15) is 39.5 Å². The third-order valence-electron chi connectivity index (χ3n) is 4.41. The highest BCUT2D eigenvalue weighted by atomic mass is 127. The standard InChI is InChI=1S/C16H30N4.HI/c1-13(2)20-10-6-7-14(12-20)11-18-16(17-3)19-15-8-4-5-9-15;/h4-5,13-15H,6-12H2,1-3H3,(H2,17,18,19);1H. The smallest absolute Gasteiger partial charge is 0.191 e. The van der Waals surface area contributed by atoms with Crippen LogP contribution in [0.25, 0.3) is 0 Å². The molecule has 0 aromatic rings. The van der Waals surface area contributed by atoms with Crippen molar-refractivity contribution >= 4 is 29.9 Å². The van der Waals surface area contributed by atoms with E-state index in [-0.39, 0.29) is 24.0 Å². The van der Waals surface area contributed by atoms with Gasteiger partial charge in [-0.15, -0.1) is 24.0 Å². The van der Waals surface area contributed by atoms with Crippen molar-refractivity contribution in [1.29, 1.82) is 0 Å². The summed E-state index contributed by atoms with van der Waals surface area (Å²) in [5.74, 6) is 1.70. The molecule has 1 unspecified atom stereocenters. The van der Waals surface area contributed by atoms with Gasteiger partial charge in [0.05, 0.1) is 0 Å². The predicted octanol–water partition coefficient (Wildman–Crippen LogP) is 2.61. The Kier molecular flexibility index (Phi) is 8.63. The van der Waals surface area contributed by atoms with Crippen molar-refractivity contribution in [3.8, 4) is 0 Å². The van der Waals surface area contributed by atoms with Crippen molar-refractivity contribution in [1.82, 2.24) is 15.5 Å². The fourth-order valence-corrected chi connectivity index (χ4v) is 3.10. The number of hydrogen-bond donors (Lipinski definition) is 2. The van der Waals surface area contributed by atoms with Crippen molar-refractivity contribution in [3.63, 3.8) is 0 Å². The molecule has 0 saturated carbocycles. The number of piperidine rings is 1. The Morgan fingerprint density at radius 3 is 2.67 bits per heavy atom. The summed E-state index contributed by atoms with van der Waals surface area (Å²) in [6, 6.07) is 1.19. The quantitative estimate of drug-likeness (QED) is 0.326. The molecule has 0 spiro atoms. The summed E-state index contributed by atoms with van der Waals surface area (Å²) in [6.45, 7) is 8.09. The van der Waals surface area contributed by atoms with Gasteiger partial charge in [-0.05, 0) is 52.0 Å². The molecule has 2 N–H and O–H groups in total. The molecule has 1 aliphatic heterocycles. The lowest BCUT2D eigenvalue weighted by Gasteiger charge is -2.35. The van der Waals surface area contributed by atoms with E-state index in [2.05, 4.69) is 46.5 Å². The summed E-state index contributed by atoms with van der Waals surface area (Å²) in [5.41, 5.74) is 0. The number of aliphatic imine (C=N–C) groups is 1. The fraction of sp³-hybridized carbons (Fsp3) is 0.812. The molecule has 1 aliphatic carbocycles. The summed E-state index contributed by atoms with van der Waals surface area (Å²) in [6.07, 6.45) is 9.37. The number of guanidine groups is 1. The average Bonchev–Trinajstić information content (AvgIpc) is 2.96. The molecule has 1 atom stereocenters. The normalized spacial score (nSPS) is 24.2. The van der Waals surface area contributed by atoms with Crippen LogP contribution in [0.3, 0.4) is 0 Å². The van der Waals surface area contributed by atoms with Crippen LogP contribution < -0.4 is 10.6 Å². The van der Waals surface area contributed by atoms with Gasteiger partial charge in [0.25, 0.3) is 0 Å². The Hall–Kier alpha value is -0.300. The molecule has 2 aliphatic rings. The molecule has 21 heavy (non-hydrogen) atoms. The van der Waals surface area contributed by atoms with Gasteiger partial charge in [0, 0.05) is 32.2 Å². The molecular formula is C16H31IN4. The van der Waals surface area contributed by atoms with Crippen molar-refractivity contribution < 1.29 is 0 Å². The molecule has 5 heteroatoms. The van der Waals surface area contributed by atoms with Gasteiger partial charge in [0.1, 0.15) is 0 Å². The molecule has 1 heterocycles. The van der Waals surface area contributed by atoms with Crippen LogP contribution in [0.4, 0.5) is 0 Å². The van der Waals surface area contributed by atoms with Crippen LogP contribution in [0.2, 0.25) is 0 Å². The van der Waals surface area contributed by atoms with Crippen LogP contribution in [0.5, 0.6) is 0 Å². The van der Waals surface area contributed by atoms with Crippen LogP contribution in [-0.2, 0) is 0 Å². The van der Waals surface area contributed by atoms with Crippen LogP contribution >= 0.6 is 24.0 Å². The molecular weight excluding hydrogens is 375 g/mol. The Morgan fingerprint density at radius 1 is 1.33 bits per heavy atom. The van der Waals surface area contributed by atoms with E-state index in [0.29, 0.717) is 12.1 Å². The first-order chi connectivity index (χ1) is 9.69. The molecule has 0 amide bonds. The van der Waals surface area contributed by atoms with Crippen molar-refractivity contribution in [3.05, 3.63) is 12.2 Å². The van der Waals surface area contributed by atoms with E-state index in [4.69, 9.17) is 0 Å². The summed E-state index contributed by atoms with van der Waals surface area (Å²) in [4.78, 5) is 6.93. The zero-order chi connectivity index (χ0) is 14.4. The van der Waals surface area contributed by atoms with Gasteiger partial charge in [0.15, 0.2) is 5.96 Å². The second-order valence-electron chi connectivity index (χ2n) is 6.33. The Labute approximate surface area is 146 Å². The van der Waals surface area contributed by atoms with E-state index in [1.165, 1.54) is 25.9 Å². The second kappa shape index (κ2) is 9.66. The Bertz CT molecular complexity index is 346. The summed E-state index contributed by atoms with van der Waals surface area (Å²) >= 11 is 0. The third-order valence-corrected chi connectivity index (χ3v) is 4.41. The Balaban J connectivity index is 0.00000220. The largest absolute Gasteiger partial charge is 0.356 e. The molecule has 1 fully saturated rings.